The molecule has 1 fully saturated rings. The van der Waals surface area contributed by atoms with Crippen molar-refractivity contribution in [3.8, 4) is 5.88 Å². The highest BCUT2D eigenvalue weighted by Gasteiger charge is 2.14. The minimum atomic E-state index is -0.695. The number of hydrogen-bond acceptors (Lipinski definition) is 6. The molecule has 8 heteroatoms. The van der Waals surface area contributed by atoms with Gasteiger partial charge in [-0.3, -0.25) is 19.4 Å². The van der Waals surface area contributed by atoms with Gasteiger partial charge in [-0.2, -0.15) is 5.10 Å². The van der Waals surface area contributed by atoms with E-state index in [1.165, 1.54) is 18.9 Å². The summed E-state index contributed by atoms with van der Waals surface area (Å²) in [5.74, 6) is 0.0734. The van der Waals surface area contributed by atoms with Gasteiger partial charge >= 0.3 is 5.69 Å². The van der Waals surface area contributed by atoms with Crippen molar-refractivity contribution in [3.63, 3.8) is 0 Å². The Morgan fingerprint density at radius 2 is 2.09 bits per heavy atom. The van der Waals surface area contributed by atoms with Crippen molar-refractivity contribution in [2.75, 3.05) is 13.1 Å². The minimum Gasteiger partial charge on any atom is -0.494 e. The highest BCUT2D eigenvalue weighted by Crippen LogP contribution is 2.13. The summed E-state index contributed by atoms with van der Waals surface area (Å²) in [5, 5.41) is 16.4. The molecule has 3 heterocycles. The molecule has 0 saturated carbocycles. The van der Waals surface area contributed by atoms with Crippen molar-refractivity contribution in [2.45, 2.75) is 25.8 Å². The Balaban J connectivity index is 1.91. The van der Waals surface area contributed by atoms with Gasteiger partial charge in [0.15, 0.2) is 0 Å². The van der Waals surface area contributed by atoms with Crippen LogP contribution in [-0.2, 0) is 6.54 Å². The molecule has 0 unspecified atom stereocenters. The van der Waals surface area contributed by atoms with Crippen LogP contribution in [0.5, 0.6) is 5.88 Å². The lowest BCUT2D eigenvalue weighted by atomic mass is 10.2. The van der Waals surface area contributed by atoms with Gasteiger partial charge in [0.25, 0.3) is 5.56 Å². The average Bonchev–Trinajstić information content (AvgIpc) is 3.05. The number of hydrazone groups is 1. The van der Waals surface area contributed by atoms with Gasteiger partial charge in [0.2, 0.25) is 5.88 Å². The molecule has 3 rings (SSSR count). The molecule has 122 valence electrons. The molecular weight excluding hydrogens is 300 g/mol. The first-order chi connectivity index (χ1) is 11.1. The fourth-order valence-electron chi connectivity index (χ4n) is 2.53. The fourth-order valence-corrected chi connectivity index (χ4v) is 2.53. The van der Waals surface area contributed by atoms with Crippen LogP contribution in [0.3, 0.4) is 0 Å². The van der Waals surface area contributed by atoms with Gasteiger partial charge in [-0.25, -0.2) is 4.79 Å². The summed E-state index contributed by atoms with van der Waals surface area (Å²) in [5.41, 5.74) is -1.40. The largest absolute Gasteiger partial charge is 0.494 e. The van der Waals surface area contributed by atoms with Gasteiger partial charge in [-0.1, -0.05) is 0 Å². The Morgan fingerprint density at radius 1 is 1.30 bits per heavy atom. The summed E-state index contributed by atoms with van der Waals surface area (Å²) in [6.07, 6.45) is 6.06. The topological polar surface area (TPSA) is 104 Å². The van der Waals surface area contributed by atoms with E-state index in [-0.39, 0.29) is 12.1 Å². The Hall–Kier alpha value is -2.77. The van der Waals surface area contributed by atoms with Crippen LogP contribution < -0.4 is 11.2 Å². The molecule has 0 radical (unpaired) electrons. The summed E-state index contributed by atoms with van der Waals surface area (Å²) in [6, 6.07) is 3.36. The van der Waals surface area contributed by atoms with E-state index >= 15 is 0 Å². The molecule has 1 saturated heterocycles. The van der Waals surface area contributed by atoms with Crippen LogP contribution in [0.1, 0.15) is 30.6 Å². The zero-order valence-corrected chi connectivity index (χ0v) is 12.6. The molecular formula is C15H18N4O4. The number of hydrogen-bond donors (Lipinski definition) is 2. The molecule has 2 aromatic rings. The van der Waals surface area contributed by atoms with E-state index in [0.29, 0.717) is 5.76 Å². The standard InChI is InChI=1S/C15H18N4O4/c20-13-12(9-16-18-6-2-1-3-7-18)14(21)19(15(22)17-13)10-11-5-4-8-23-11/h4-5,8-9,21H,1-3,6-7,10H2,(H,17,20,22)/b16-9+. The number of aromatic hydroxyl groups is 1. The van der Waals surface area contributed by atoms with Gasteiger partial charge in [-0.05, 0) is 31.4 Å². The third kappa shape index (κ3) is 3.36. The molecule has 0 aromatic carbocycles. The quantitative estimate of drug-likeness (QED) is 0.808. The normalized spacial score (nSPS) is 15.4. The average molecular weight is 318 g/mol. The molecule has 0 bridgehead atoms. The van der Waals surface area contributed by atoms with E-state index in [9.17, 15) is 14.7 Å². The SMILES string of the molecule is O=c1[nH]c(=O)n(Cc2ccco2)c(O)c1/C=N/N1CCCCC1. The van der Waals surface area contributed by atoms with Crippen LogP contribution in [-0.4, -0.2) is 39.0 Å². The molecule has 0 spiro atoms. The number of piperidine rings is 1. The lowest BCUT2D eigenvalue weighted by Gasteiger charge is -2.23. The van der Waals surface area contributed by atoms with Gasteiger partial charge in [0.1, 0.15) is 11.3 Å². The summed E-state index contributed by atoms with van der Waals surface area (Å²) < 4.78 is 6.21. The first-order valence-electron chi connectivity index (χ1n) is 7.52. The minimum absolute atomic E-state index is 0.0268. The van der Waals surface area contributed by atoms with Crippen LogP contribution in [0.25, 0.3) is 0 Å². The Kier molecular flexibility index (Phi) is 4.31. The van der Waals surface area contributed by atoms with Crippen LogP contribution in [0.15, 0.2) is 37.5 Å². The maximum Gasteiger partial charge on any atom is 0.331 e. The van der Waals surface area contributed by atoms with E-state index < -0.39 is 17.1 Å². The third-order valence-electron chi connectivity index (χ3n) is 3.78. The van der Waals surface area contributed by atoms with Crippen molar-refractivity contribution < 1.29 is 9.52 Å². The van der Waals surface area contributed by atoms with Crippen LogP contribution in [0.2, 0.25) is 0 Å². The summed E-state index contributed by atoms with van der Waals surface area (Å²) in [6.45, 7) is 1.67. The van der Waals surface area contributed by atoms with E-state index in [2.05, 4.69) is 10.1 Å². The predicted molar refractivity (Wildman–Crippen MR) is 83.8 cm³/mol. The summed E-state index contributed by atoms with van der Waals surface area (Å²) >= 11 is 0. The number of aromatic nitrogens is 2. The Bertz CT molecular complexity index is 798. The Labute approximate surface area is 131 Å². The number of H-pyrrole nitrogens is 1. The van der Waals surface area contributed by atoms with Crippen molar-refractivity contribution in [1.29, 1.82) is 0 Å². The van der Waals surface area contributed by atoms with Crippen LogP contribution in [0.4, 0.5) is 0 Å². The van der Waals surface area contributed by atoms with Crippen LogP contribution >= 0.6 is 0 Å². The molecule has 8 nitrogen and oxygen atoms in total. The monoisotopic (exact) mass is 318 g/mol. The summed E-state index contributed by atoms with van der Waals surface area (Å²) in [4.78, 5) is 26.0. The zero-order chi connectivity index (χ0) is 16.2. The van der Waals surface area contributed by atoms with E-state index in [0.717, 1.165) is 30.5 Å². The lowest BCUT2D eigenvalue weighted by molar-refractivity contribution is 0.240. The second kappa shape index (κ2) is 6.55. The van der Waals surface area contributed by atoms with Gasteiger partial charge in [0.05, 0.1) is 19.0 Å². The van der Waals surface area contributed by atoms with Crippen molar-refractivity contribution in [2.24, 2.45) is 5.10 Å². The van der Waals surface area contributed by atoms with Gasteiger partial charge in [-0.15, -0.1) is 0 Å². The van der Waals surface area contributed by atoms with Gasteiger partial charge in [0, 0.05) is 13.1 Å². The van der Waals surface area contributed by atoms with E-state index in [1.54, 1.807) is 12.1 Å². The molecule has 2 aromatic heterocycles. The number of aromatic amines is 1. The highest BCUT2D eigenvalue weighted by molar-refractivity contribution is 5.81. The molecule has 1 aliphatic rings. The second-order valence-electron chi connectivity index (χ2n) is 5.42. The zero-order valence-electron chi connectivity index (χ0n) is 12.6. The maximum atomic E-state index is 11.9. The molecule has 23 heavy (non-hydrogen) atoms. The van der Waals surface area contributed by atoms with Crippen molar-refractivity contribution in [3.05, 3.63) is 50.6 Å². The molecule has 0 aliphatic carbocycles. The lowest BCUT2D eigenvalue weighted by Crippen LogP contribution is -2.33. The molecule has 0 atom stereocenters. The number of furan rings is 1. The van der Waals surface area contributed by atoms with E-state index in [4.69, 9.17) is 4.42 Å². The first-order valence-corrected chi connectivity index (χ1v) is 7.52. The first kappa shape index (κ1) is 15.1. The van der Waals surface area contributed by atoms with E-state index in [1.807, 2.05) is 5.01 Å². The van der Waals surface area contributed by atoms with Crippen LogP contribution in [0, 0.1) is 0 Å². The molecule has 2 N–H and O–H groups in total. The highest BCUT2D eigenvalue weighted by atomic mass is 16.3. The molecule has 0 amide bonds. The Morgan fingerprint density at radius 3 is 2.78 bits per heavy atom. The third-order valence-corrected chi connectivity index (χ3v) is 3.78. The number of nitrogens with zero attached hydrogens (tertiary/aromatic N) is 3. The summed E-state index contributed by atoms with van der Waals surface area (Å²) in [7, 11) is 0. The van der Waals surface area contributed by atoms with Crippen molar-refractivity contribution in [1.82, 2.24) is 14.6 Å². The number of rotatable bonds is 4. The van der Waals surface area contributed by atoms with Gasteiger partial charge < -0.3 is 9.52 Å². The number of nitrogens with one attached hydrogen (secondary N) is 1. The maximum absolute atomic E-state index is 11.9. The second-order valence-corrected chi connectivity index (χ2v) is 5.42. The fraction of sp³-hybridized carbons (Fsp3) is 0.400. The predicted octanol–water partition coefficient (Wildman–Crippen LogP) is 0.703. The molecule has 1 aliphatic heterocycles. The smallest absolute Gasteiger partial charge is 0.331 e. The van der Waals surface area contributed by atoms with Crippen molar-refractivity contribution >= 4 is 6.21 Å².